The van der Waals surface area contributed by atoms with E-state index in [-0.39, 0.29) is 12.0 Å². The van der Waals surface area contributed by atoms with Gasteiger partial charge in [-0.05, 0) is 19.1 Å². The zero-order valence-corrected chi connectivity index (χ0v) is 9.75. The number of carbonyl (C=O) groups excluding carboxylic acids is 1. The molecule has 0 aromatic heterocycles. The van der Waals surface area contributed by atoms with E-state index in [0.717, 1.165) is 0 Å². The molecule has 0 radical (unpaired) electrons. The van der Waals surface area contributed by atoms with Gasteiger partial charge in [-0.1, -0.05) is 17.9 Å². The second kappa shape index (κ2) is 6.54. The molecule has 0 amide bonds. The molecular weight excluding hydrogens is 223 g/mol. The molecule has 1 aromatic rings. The molecule has 90 valence electrons. The lowest BCUT2D eigenvalue weighted by molar-refractivity contribution is -0.141. The van der Waals surface area contributed by atoms with E-state index in [1.165, 1.54) is 19.2 Å². The number of ether oxygens (including phenoxy) is 2. The topological polar surface area (TPSA) is 35.5 Å². The summed E-state index contributed by atoms with van der Waals surface area (Å²) in [6.45, 7) is 2.02. The number of halogens is 1. The molecule has 1 rings (SSSR count). The Kier molecular flexibility index (Phi) is 5.02. The van der Waals surface area contributed by atoms with Crippen LogP contribution in [0.3, 0.4) is 0 Å². The summed E-state index contributed by atoms with van der Waals surface area (Å²) < 4.78 is 23.1. The summed E-state index contributed by atoms with van der Waals surface area (Å²) in [6.07, 6.45) is -0.0642. The molecule has 0 atom stereocenters. The fourth-order valence-electron chi connectivity index (χ4n) is 1.21. The van der Waals surface area contributed by atoms with Gasteiger partial charge in [0, 0.05) is 0 Å². The van der Waals surface area contributed by atoms with E-state index in [0.29, 0.717) is 12.4 Å². The van der Waals surface area contributed by atoms with Gasteiger partial charge in [-0.2, -0.15) is 0 Å². The zero-order chi connectivity index (χ0) is 12.7. The van der Waals surface area contributed by atoms with Crippen LogP contribution in [0.4, 0.5) is 4.39 Å². The summed E-state index contributed by atoms with van der Waals surface area (Å²) in [5.41, 5.74) is 0.152. The number of hydrogen-bond acceptors (Lipinski definition) is 3. The third-order valence-electron chi connectivity index (χ3n) is 1.95. The van der Waals surface area contributed by atoms with Gasteiger partial charge in [-0.3, -0.25) is 4.79 Å². The maximum Gasteiger partial charge on any atom is 0.317 e. The predicted molar refractivity (Wildman–Crippen MR) is 61.1 cm³/mol. The van der Waals surface area contributed by atoms with Crippen molar-refractivity contribution < 1.29 is 18.7 Å². The van der Waals surface area contributed by atoms with Gasteiger partial charge >= 0.3 is 5.97 Å². The van der Waals surface area contributed by atoms with E-state index < -0.39 is 11.8 Å². The average molecular weight is 236 g/mol. The first-order valence-electron chi connectivity index (χ1n) is 5.16. The van der Waals surface area contributed by atoms with Gasteiger partial charge in [-0.15, -0.1) is 0 Å². The lowest BCUT2D eigenvalue weighted by Crippen LogP contribution is -2.01. The molecule has 0 saturated carbocycles. The van der Waals surface area contributed by atoms with Crippen LogP contribution >= 0.6 is 0 Å². The largest absolute Gasteiger partial charge is 0.495 e. The van der Waals surface area contributed by atoms with Crippen LogP contribution in [0.5, 0.6) is 5.75 Å². The minimum Gasteiger partial charge on any atom is -0.495 e. The smallest absolute Gasteiger partial charge is 0.317 e. The van der Waals surface area contributed by atoms with Crippen molar-refractivity contribution in [3.63, 3.8) is 0 Å². The second-order valence-corrected chi connectivity index (χ2v) is 3.10. The molecule has 0 aliphatic carbocycles. The van der Waals surface area contributed by atoms with Gasteiger partial charge in [0.25, 0.3) is 0 Å². The van der Waals surface area contributed by atoms with Gasteiger partial charge < -0.3 is 9.47 Å². The molecular formula is C13H13FO3. The fourth-order valence-corrected chi connectivity index (χ4v) is 1.21. The van der Waals surface area contributed by atoms with E-state index in [4.69, 9.17) is 9.47 Å². The quantitative estimate of drug-likeness (QED) is 0.595. The van der Waals surface area contributed by atoms with Crippen molar-refractivity contribution in [3.05, 3.63) is 29.6 Å². The predicted octanol–water partition coefficient (Wildman–Crippen LogP) is 2.14. The SMILES string of the molecule is CCOC(=O)CC#Cc1c(F)cccc1OC. The average Bonchev–Trinajstić information content (AvgIpc) is 2.31. The summed E-state index contributed by atoms with van der Waals surface area (Å²) in [5.74, 6) is 4.58. The van der Waals surface area contributed by atoms with Crippen molar-refractivity contribution in [1.82, 2.24) is 0 Å². The highest BCUT2D eigenvalue weighted by molar-refractivity contribution is 5.72. The van der Waals surface area contributed by atoms with Gasteiger partial charge in [0.05, 0.1) is 13.7 Å². The fraction of sp³-hybridized carbons (Fsp3) is 0.308. The van der Waals surface area contributed by atoms with Crippen LogP contribution in [0.25, 0.3) is 0 Å². The van der Waals surface area contributed by atoms with Crippen LogP contribution in [-0.2, 0) is 9.53 Å². The maximum absolute atomic E-state index is 13.4. The molecule has 0 unspecified atom stereocenters. The molecule has 0 bridgehead atoms. The van der Waals surface area contributed by atoms with Gasteiger partial charge in [0.15, 0.2) is 0 Å². The molecule has 0 fully saturated rings. The third-order valence-corrected chi connectivity index (χ3v) is 1.95. The first kappa shape index (κ1) is 13.0. The molecule has 4 heteroatoms. The Morgan fingerprint density at radius 2 is 2.24 bits per heavy atom. The van der Waals surface area contributed by atoms with Crippen molar-refractivity contribution in [2.75, 3.05) is 13.7 Å². The van der Waals surface area contributed by atoms with Crippen LogP contribution in [0, 0.1) is 17.7 Å². The number of hydrogen-bond donors (Lipinski definition) is 0. The van der Waals surface area contributed by atoms with E-state index in [9.17, 15) is 9.18 Å². The highest BCUT2D eigenvalue weighted by Crippen LogP contribution is 2.19. The Morgan fingerprint density at radius 3 is 2.88 bits per heavy atom. The van der Waals surface area contributed by atoms with E-state index in [1.54, 1.807) is 13.0 Å². The van der Waals surface area contributed by atoms with Crippen LogP contribution in [-0.4, -0.2) is 19.7 Å². The maximum atomic E-state index is 13.4. The lowest BCUT2D eigenvalue weighted by Gasteiger charge is -2.02. The molecule has 0 aliphatic rings. The summed E-state index contributed by atoms with van der Waals surface area (Å²) in [4.78, 5) is 11.0. The Morgan fingerprint density at radius 1 is 1.47 bits per heavy atom. The Labute approximate surface area is 99.5 Å². The highest BCUT2D eigenvalue weighted by atomic mass is 19.1. The van der Waals surface area contributed by atoms with Crippen LogP contribution in [0.1, 0.15) is 18.9 Å². The van der Waals surface area contributed by atoms with E-state index >= 15 is 0 Å². The van der Waals surface area contributed by atoms with Crippen molar-refractivity contribution in [2.24, 2.45) is 0 Å². The summed E-state index contributed by atoms with van der Waals surface area (Å²) in [5, 5.41) is 0. The molecule has 0 aliphatic heterocycles. The number of carbonyl (C=O) groups is 1. The normalized spacial score (nSPS) is 9.12. The summed E-state index contributed by atoms with van der Waals surface area (Å²) in [7, 11) is 1.44. The van der Waals surface area contributed by atoms with Crippen molar-refractivity contribution >= 4 is 5.97 Å². The van der Waals surface area contributed by atoms with Crippen LogP contribution in [0.2, 0.25) is 0 Å². The standard InChI is InChI=1S/C13H13FO3/c1-3-17-13(15)9-4-6-10-11(14)7-5-8-12(10)16-2/h5,7-8H,3,9H2,1-2H3. The molecule has 3 nitrogen and oxygen atoms in total. The third kappa shape index (κ3) is 3.80. The highest BCUT2D eigenvalue weighted by Gasteiger charge is 2.05. The Bertz CT molecular complexity index is 457. The summed E-state index contributed by atoms with van der Waals surface area (Å²) in [6, 6.07) is 4.43. The zero-order valence-electron chi connectivity index (χ0n) is 9.75. The van der Waals surface area contributed by atoms with Gasteiger partial charge in [-0.25, -0.2) is 4.39 Å². The van der Waals surface area contributed by atoms with Crippen molar-refractivity contribution in [2.45, 2.75) is 13.3 Å². The summed E-state index contributed by atoms with van der Waals surface area (Å²) >= 11 is 0. The lowest BCUT2D eigenvalue weighted by atomic mass is 10.2. The van der Waals surface area contributed by atoms with E-state index in [1.807, 2.05) is 0 Å². The minimum atomic E-state index is -0.472. The van der Waals surface area contributed by atoms with Crippen LogP contribution < -0.4 is 4.74 Å². The molecule has 0 spiro atoms. The monoisotopic (exact) mass is 236 g/mol. The molecule has 17 heavy (non-hydrogen) atoms. The van der Waals surface area contributed by atoms with Crippen molar-refractivity contribution in [3.8, 4) is 17.6 Å². The molecule has 0 saturated heterocycles. The first-order valence-corrected chi connectivity index (χ1v) is 5.16. The van der Waals surface area contributed by atoms with Crippen LogP contribution in [0.15, 0.2) is 18.2 Å². The number of benzene rings is 1. The minimum absolute atomic E-state index is 0.0642. The number of rotatable bonds is 3. The second-order valence-electron chi connectivity index (χ2n) is 3.10. The van der Waals surface area contributed by atoms with Gasteiger partial charge in [0.1, 0.15) is 23.6 Å². The van der Waals surface area contributed by atoms with Crippen molar-refractivity contribution in [1.29, 1.82) is 0 Å². The number of esters is 1. The Balaban J connectivity index is 2.81. The number of methoxy groups -OCH3 is 1. The van der Waals surface area contributed by atoms with E-state index in [2.05, 4.69) is 11.8 Å². The molecule has 0 N–H and O–H groups in total. The molecule has 0 heterocycles. The molecule has 1 aromatic carbocycles. The Hall–Kier alpha value is -2.02. The first-order chi connectivity index (χ1) is 8.19. The van der Waals surface area contributed by atoms with Gasteiger partial charge in [0.2, 0.25) is 0 Å².